The van der Waals surface area contributed by atoms with Gasteiger partial charge in [-0.3, -0.25) is 0 Å². The number of phenolic OH excluding ortho intramolecular Hbond substituents is 1. The number of carbonyl (C=O) groups excluding carboxylic acids is 1. The van der Waals surface area contributed by atoms with Crippen LogP contribution >= 0.6 is 7.14 Å². The SMILES string of the molecule is COc1c(C)c2c(c(O)c1C/C=C(\C)CC(C#N)P(C)(C)=O)C(=O)OC2. The minimum absolute atomic E-state index is 0.123. The van der Waals surface area contributed by atoms with Crippen LogP contribution in [0.1, 0.15) is 40.4 Å². The van der Waals surface area contributed by atoms with Crippen LogP contribution in [0.25, 0.3) is 0 Å². The molecular weight excluding hydrogens is 353 g/mol. The highest BCUT2D eigenvalue weighted by Gasteiger charge is 2.32. The number of hydrogen-bond donors (Lipinski definition) is 1. The molecule has 0 spiro atoms. The molecule has 0 saturated carbocycles. The van der Waals surface area contributed by atoms with Crippen molar-refractivity contribution < 1.29 is 23.9 Å². The summed E-state index contributed by atoms with van der Waals surface area (Å²) in [6.45, 7) is 7.04. The van der Waals surface area contributed by atoms with Gasteiger partial charge in [0.15, 0.2) is 0 Å². The van der Waals surface area contributed by atoms with Gasteiger partial charge in [0.05, 0.1) is 20.3 Å². The Balaban J connectivity index is 2.37. The third kappa shape index (κ3) is 3.78. The second-order valence-electron chi connectivity index (χ2n) is 6.95. The lowest BCUT2D eigenvalue weighted by Crippen LogP contribution is -2.06. The molecule has 0 bridgehead atoms. The lowest BCUT2D eigenvalue weighted by Gasteiger charge is -2.16. The summed E-state index contributed by atoms with van der Waals surface area (Å²) in [7, 11) is -0.999. The van der Waals surface area contributed by atoms with Gasteiger partial charge in [-0.2, -0.15) is 5.26 Å². The predicted octanol–water partition coefficient (Wildman–Crippen LogP) is 3.77. The number of methoxy groups -OCH3 is 1. The normalized spacial score (nSPS) is 15.2. The molecular formula is C19H24NO5P. The molecule has 1 atom stereocenters. The summed E-state index contributed by atoms with van der Waals surface area (Å²) < 4.78 is 22.6. The summed E-state index contributed by atoms with van der Waals surface area (Å²) in [5.74, 6) is -0.132. The van der Waals surface area contributed by atoms with E-state index in [0.29, 0.717) is 29.7 Å². The van der Waals surface area contributed by atoms with Crippen molar-refractivity contribution in [2.24, 2.45) is 0 Å². The van der Waals surface area contributed by atoms with E-state index < -0.39 is 18.8 Å². The number of hydrogen-bond acceptors (Lipinski definition) is 6. The van der Waals surface area contributed by atoms with Crippen molar-refractivity contribution in [1.29, 1.82) is 5.26 Å². The van der Waals surface area contributed by atoms with Gasteiger partial charge in [0.25, 0.3) is 0 Å². The number of nitriles is 1. The van der Waals surface area contributed by atoms with Crippen LogP contribution in [0.15, 0.2) is 11.6 Å². The number of ether oxygens (including phenoxy) is 2. The zero-order chi connectivity index (χ0) is 19.6. The highest BCUT2D eigenvalue weighted by atomic mass is 31.2. The fraction of sp³-hybridized carbons (Fsp3) is 0.474. The number of carbonyl (C=O) groups is 1. The molecule has 1 heterocycles. The number of fused-ring (bicyclic) bond motifs is 1. The summed E-state index contributed by atoms with van der Waals surface area (Å²) in [5.41, 5.74) is 2.48. The van der Waals surface area contributed by atoms with Gasteiger partial charge in [-0.15, -0.1) is 0 Å². The van der Waals surface area contributed by atoms with Crippen LogP contribution in [0.2, 0.25) is 0 Å². The van der Waals surface area contributed by atoms with Crippen molar-refractivity contribution >= 4 is 13.1 Å². The molecule has 0 amide bonds. The Morgan fingerprint density at radius 2 is 2.15 bits per heavy atom. The van der Waals surface area contributed by atoms with E-state index in [1.807, 2.05) is 19.9 Å². The minimum Gasteiger partial charge on any atom is -0.507 e. The quantitative estimate of drug-likeness (QED) is 0.460. The molecule has 6 nitrogen and oxygen atoms in total. The largest absolute Gasteiger partial charge is 0.507 e. The summed E-state index contributed by atoms with van der Waals surface area (Å²) in [5, 5.41) is 19.8. The fourth-order valence-corrected chi connectivity index (χ4v) is 4.10. The third-order valence-corrected chi connectivity index (χ3v) is 6.52. The summed E-state index contributed by atoms with van der Waals surface area (Å²) in [6, 6.07) is 2.11. The molecule has 1 aliphatic rings. The lowest BCUT2D eigenvalue weighted by atomic mass is 9.94. The summed E-state index contributed by atoms with van der Waals surface area (Å²) >= 11 is 0. The van der Waals surface area contributed by atoms with E-state index in [4.69, 9.17) is 9.47 Å². The Morgan fingerprint density at radius 1 is 1.50 bits per heavy atom. The highest BCUT2D eigenvalue weighted by molar-refractivity contribution is 7.63. The van der Waals surface area contributed by atoms with Crippen molar-refractivity contribution in [1.82, 2.24) is 0 Å². The van der Waals surface area contributed by atoms with Crippen molar-refractivity contribution in [3.05, 3.63) is 33.9 Å². The number of allylic oxidation sites excluding steroid dienone is 2. The smallest absolute Gasteiger partial charge is 0.342 e. The van der Waals surface area contributed by atoms with E-state index in [0.717, 1.165) is 11.1 Å². The van der Waals surface area contributed by atoms with Crippen LogP contribution in [0.3, 0.4) is 0 Å². The Morgan fingerprint density at radius 3 is 2.69 bits per heavy atom. The molecule has 1 N–H and O–H groups in total. The van der Waals surface area contributed by atoms with Crippen LogP contribution in [-0.2, 0) is 22.3 Å². The molecule has 0 saturated heterocycles. The van der Waals surface area contributed by atoms with Crippen LogP contribution < -0.4 is 4.74 Å². The van der Waals surface area contributed by atoms with Crippen molar-refractivity contribution in [3.63, 3.8) is 0 Å². The van der Waals surface area contributed by atoms with Gasteiger partial charge in [0, 0.05) is 11.1 Å². The standard InChI is InChI=1S/C19H24NO5P/c1-11(8-13(9-20)26(4,5)23)6-7-14-17(21)16-15(10-25-19(16)22)12(2)18(14)24-3/h6,13,21H,7-8,10H2,1-5H3/b11-6+. The van der Waals surface area contributed by atoms with E-state index >= 15 is 0 Å². The molecule has 0 radical (unpaired) electrons. The maximum Gasteiger partial charge on any atom is 0.342 e. The number of cyclic esters (lactones) is 1. The van der Waals surface area contributed by atoms with Crippen molar-refractivity contribution in [2.45, 2.75) is 39.0 Å². The molecule has 2 rings (SSSR count). The molecule has 0 aliphatic carbocycles. The first-order valence-electron chi connectivity index (χ1n) is 8.30. The Labute approximate surface area is 153 Å². The number of nitrogens with zero attached hydrogens (tertiary/aromatic N) is 1. The maximum atomic E-state index is 12.2. The number of aromatic hydroxyl groups is 1. The predicted molar refractivity (Wildman–Crippen MR) is 99.4 cm³/mol. The molecule has 1 unspecified atom stereocenters. The number of rotatable bonds is 6. The second kappa shape index (κ2) is 7.55. The number of phenols is 1. The van der Waals surface area contributed by atoms with E-state index in [9.17, 15) is 19.7 Å². The zero-order valence-corrected chi connectivity index (χ0v) is 16.6. The van der Waals surface area contributed by atoms with Gasteiger partial charge in [-0.25, -0.2) is 4.79 Å². The van der Waals surface area contributed by atoms with E-state index in [2.05, 4.69) is 6.07 Å². The first kappa shape index (κ1) is 20.1. The average Bonchev–Trinajstić information content (AvgIpc) is 2.95. The summed E-state index contributed by atoms with van der Waals surface area (Å²) in [4.78, 5) is 11.9. The average molecular weight is 377 g/mol. The molecule has 140 valence electrons. The number of esters is 1. The van der Waals surface area contributed by atoms with Crippen LogP contribution in [-0.4, -0.2) is 37.2 Å². The third-order valence-electron chi connectivity index (χ3n) is 4.72. The van der Waals surface area contributed by atoms with Crippen LogP contribution in [0.5, 0.6) is 11.5 Å². The molecule has 0 aromatic heterocycles. The highest BCUT2D eigenvalue weighted by Crippen LogP contribution is 2.45. The Kier molecular flexibility index (Phi) is 5.83. The van der Waals surface area contributed by atoms with Gasteiger partial charge < -0.3 is 19.1 Å². The first-order chi connectivity index (χ1) is 12.1. The minimum atomic E-state index is -2.51. The zero-order valence-electron chi connectivity index (χ0n) is 15.8. The Hall–Kier alpha value is -2.25. The topological polar surface area (TPSA) is 96.6 Å². The van der Waals surface area contributed by atoms with Gasteiger partial charge in [0.1, 0.15) is 29.3 Å². The monoisotopic (exact) mass is 377 g/mol. The maximum absolute atomic E-state index is 12.2. The number of benzene rings is 1. The second-order valence-corrected chi connectivity index (χ2v) is 10.4. The molecule has 1 aromatic carbocycles. The molecule has 26 heavy (non-hydrogen) atoms. The van der Waals surface area contributed by atoms with Crippen molar-refractivity contribution in [3.8, 4) is 17.6 Å². The first-order valence-corrected chi connectivity index (χ1v) is 11.0. The van der Waals surface area contributed by atoms with Gasteiger partial charge >= 0.3 is 5.97 Å². The summed E-state index contributed by atoms with van der Waals surface area (Å²) in [6.07, 6.45) is 2.59. The molecule has 1 aromatic rings. The molecule has 7 heteroatoms. The van der Waals surface area contributed by atoms with Crippen LogP contribution in [0.4, 0.5) is 0 Å². The van der Waals surface area contributed by atoms with E-state index in [1.165, 1.54) is 7.11 Å². The molecule has 1 aliphatic heterocycles. The van der Waals surface area contributed by atoms with Gasteiger partial charge in [-0.05, 0) is 45.6 Å². The van der Waals surface area contributed by atoms with Gasteiger partial charge in [0.2, 0.25) is 0 Å². The fourth-order valence-electron chi connectivity index (χ4n) is 3.10. The molecule has 0 fully saturated rings. The lowest BCUT2D eigenvalue weighted by molar-refractivity contribution is 0.0533. The van der Waals surface area contributed by atoms with Gasteiger partial charge in [-0.1, -0.05) is 11.6 Å². The Bertz CT molecular complexity index is 860. The van der Waals surface area contributed by atoms with E-state index in [-0.39, 0.29) is 17.9 Å². The van der Waals surface area contributed by atoms with Crippen molar-refractivity contribution in [2.75, 3.05) is 20.4 Å². The van der Waals surface area contributed by atoms with E-state index in [1.54, 1.807) is 13.3 Å². The van der Waals surface area contributed by atoms with Crippen LogP contribution in [0, 0.1) is 18.3 Å².